The number of fused-ring (bicyclic) bond motifs is 1. The second-order valence-electron chi connectivity index (χ2n) is 7.84. The summed E-state index contributed by atoms with van der Waals surface area (Å²) in [6.07, 6.45) is 1.03. The molecule has 3 aliphatic rings. The number of hydrogen-bond acceptors (Lipinski definition) is 4. The second-order valence-corrected chi connectivity index (χ2v) is 7.84. The number of nitrogens with two attached hydrogens (primary N) is 1. The summed E-state index contributed by atoms with van der Waals surface area (Å²) in [4.78, 5) is 9.17. The standard InChI is InChI=1S/C19H21F5N4/c20-11-1-4-15(21)14(5-11)13-3-2-12(6-16(13)25)28-8-10-7-26-18(19(22,23)24)27-17(10)9-28/h1,4,7,12-14,16H,2-3,5-6,8-9,25H2/t12?,13?,14-,16?/m1/s1. The molecule has 1 aliphatic heterocycles. The van der Waals surface area contributed by atoms with Crippen molar-refractivity contribution in [3.63, 3.8) is 0 Å². The molecule has 2 aliphatic carbocycles. The van der Waals surface area contributed by atoms with Crippen LogP contribution >= 0.6 is 0 Å². The number of alkyl halides is 3. The zero-order valence-corrected chi connectivity index (χ0v) is 15.1. The van der Waals surface area contributed by atoms with E-state index in [1.165, 1.54) is 12.3 Å². The lowest BCUT2D eigenvalue weighted by Crippen LogP contribution is -2.47. The Labute approximate surface area is 159 Å². The molecule has 0 spiro atoms. The molecule has 0 radical (unpaired) electrons. The first-order valence-electron chi connectivity index (χ1n) is 9.35. The Kier molecular flexibility index (Phi) is 4.99. The van der Waals surface area contributed by atoms with E-state index in [-0.39, 0.29) is 36.1 Å². The lowest BCUT2D eigenvalue weighted by Gasteiger charge is -2.41. The Morgan fingerprint density at radius 1 is 1.11 bits per heavy atom. The van der Waals surface area contributed by atoms with Crippen LogP contribution in [0.2, 0.25) is 0 Å². The molecule has 28 heavy (non-hydrogen) atoms. The average Bonchev–Trinajstić information content (AvgIpc) is 3.06. The molecule has 0 saturated heterocycles. The summed E-state index contributed by atoms with van der Waals surface area (Å²) in [6, 6.07) is -0.222. The molecule has 4 atom stereocenters. The summed E-state index contributed by atoms with van der Waals surface area (Å²) in [5, 5.41) is 0. The molecule has 0 amide bonds. The summed E-state index contributed by atoms with van der Waals surface area (Å²) < 4.78 is 66.2. The van der Waals surface area contributed by atoms with Gasteiger partial charge in [-0.1, -0.05) is 0 Å². The van der Waals surface area contributed by atoms with Crippen LogP contribution in [0, 0.1) is 11.8 Å². The summed E-state index contributed by atoms with van der Waals surface area (Å²) in [7, 11) is 0. The zero-order valence-electron chi connectivity index (χ0n) is 15.1. The van der Waals surface area contributed by atoms with Gasteiger partial charge in [0.25, 0.3) is 0 Å². The number of aromatic nitrogens is 2. The van der Waals surface area contributed by atoms with E-state index >= 15 is 0 Å². The van der Waals surface area contributed by atoms with Crippen molar-refractivity contribution < 1.29 is 22.0 Å². The predicted octanol–water partition coefficient (Wildman–Crippen LogP) is 4.03. The van der Waals surface area contributed by atoms with Gasteiger partial charge in [0, 0.05) is 49.3 Å². The van der Waals surface area contributed by atoms with Gasteiger partial charge in [-0.15, -0.1) is 0 Å². The quantitative estimate of drug-likeness (QED) is 0.762. The summed E-state index contributed by atoms with van der Waals surface area (Å²) in [6.45, 7) is 0.794. The third-order valence-electron chi connectivity index (χ3n) is 6.09. The van der Waals surface area contributed by atoms with Crippen molar-refractivity contribution in [1.29, 1.82) is 0 Å². The van der Waals surface area contributed by atoms with Crippen LogP contribution in [-0.2, 0) is 19.3 Å². The topological polar surface area (TPSA) is 55.0 Å². The molecule has 4 rings (SSSR count). The maximum atomic E-state index is 14.2. The number of rotatable bonds is 2. The minimum absolute atomic E-state index is 0.0380. The lowest BCUT2D eigenvalue weighted by atomic mass is 9.72. The number of allylic oxidation sites excluding steroid dienone is 4. The Balaban J connectivity index is 1.41. The highest BCUT2D eigenvalue weighted by atomic mass is 19.4. The van der Waals surface area contributed by atoms with Crippen LogP contribution in [0.5, 0.6) is 0 Å². The third kappa shape index (κ3) is 3.69. The highest BCUT2D eigenvalue weighted by molar-refractivity contribution is 5.24. The largest absolute Gasteiger partial charge is 0.451 e. The maximum Gasteiger partial charge on any atom is 0.451 e. The van der Waals surface area contributed by atoms with Crippen LogP contribution in [0.1, 0.15) is 42.8 Å². The molecule has 4 nitrogen and oxygen atoms in total. The van der Waals surface area contributed by atoms with Crippen molar-refractivity contribution in [2.24, 2.45) is 17.6 Å². The second kappa shape index (κ2) is 7.18. The number of nitrogens with zero attached hydrogens (tertiary/aromatic N) is 3. The fourth-order valence-electron chi connectivity index (χ4n) is 4.63. The molecular formula is C19H21F5N4. The monoisotopic (exact) mass is 400 g/mol. The smallest absolute Gasteiger partial charge is 0.327 e. The Bertz CT molecular complexity index is 819. The SMILES string of the molecule is NC1CC(N2Cc3cnc(C(F)(F)F)nc3C2)CCC1[C@H]1CC(F)=CC=C1F. The van der Waals surface area contributed by atoms with Crippen LogP contribution in [0.25, 0.3) is 0 Å². The van der Waals surface area contributed by atoms with Gasteiger partial charge in [0.1, 0.15) is 11.7 Å². The van der Waals surface area contributed by atoms with Crippen molar-refractivity contribution >= 4 is 0 Å². The van der Waals surface area contributed by atoms with Gasteiger partial charge in [0.05, 0.1) is 5.69 Å². The molecule has 2 heterocycles. The number of hydrogen-bond donors (Lipinski definition) is 1. The lowest BCUT2D eigenvalue weighted by molar-refractivity contribution is -0.145. The van der Waals surface area contributed by atoms with Crippen molar-refractivity contribution in [2.75, 3.05) is 0 Å². The van der Waals surface area contributed by atoms with Gasteiger partial charge in [-0.3, -0.25) is 4.90 Å². The van der Waals surface area contributed by atoms with Crippen molar-refractivity contribution in [1.82, 2.24) is 14.9 Å². The molecule has 2 N–H and O–H groups in total. The van der Waals surface area contributed by atoms with E-state index in [2.05, 4.69) is 14.9 Å². The Morgan fingerprint density at radius 3 is 2.61 bits per heavy atom. The summed E-state index contributed by atoms with van der Waals surface area (Å²) in [5.41, 5.74) is 7.41. The number of halogens is 5. The molecule has 9 heteroatoms. The van der Waals surface area contributed by atoms with Gasteiger partial charge < -0.3 is 5.73 Å². The van der Waals surface area contributed by atoms with Gasteiger partial charge in [0.2, 0.25) is 5.82 Å². The fraction of sp³-hybridized carbons (Fsp3) is 0.579. The molecular weight excluding hydrogens is 379 g/mol. The van der Waals surface area contributed by atoms with Crippen LogP contribution in [-0.4, -0.2) is 27.0 Å². The van der Waals surface area contributed by atoms with E-state index in [4.69, 9.17) is 5.73 Å². The van der Waals surface area contributed by atoms with Crippen molar-refractivity contribution in [3.8, 4) is 0 Å². The first-order valence-corrected chi connectivity index (χ1v) is 9.35. The fourth-order valence-corrected chi connectivity index (χ4v) is 4.63. The van der Waals surface area contributed by atoms with Crippen molar-refractivity contribution in [2.45, 2.75) is 57.0 Å². The predicted molar refractivity (Wildman–Crippen MR) is 91.9 cm³/mol. The maximum absolute atomic E-state index is 14.2. The van der Waals surface area contributed by atoms with Crippen LogP contribution in [0.4, 0.5) is 22.0 Å². The summed E-state index contributed by atoms with van der Waals surface area (Å²) >= 11 is 0. The third-order valence-corrected chi connectivity index (χ3v) is 6.09. The summed E-state index contributed by atoms with van der Waals surface area (Å²) in [5.74, 6) is -2.47. The normalized spacial score (nSPS) is 31.4. The molecule has 0 aromatic carbocycles. The Hall–Kier alpha value is -1.87. The van der Waals surface area contributed by atoms with Gasteiger partial charge in [-0.05, 0) is 37.3 Å². The van der Waals surface area contributed by atoms with Gasteiger partial charge in [-0.25, -0.2) is 18.7 Å². The van der Waals surface area contributed by atoms with E-state index < -0.39 is 17.9 Å². The molecule has 3 unspecified atom stereocenters. The van der Waals surface area contributed by atoms with E-state index in [1.807, 2.05) is 0 Å². The van der Waals surface area contributed by atoms with Crippen LogP contribution in [0.3, 0.4) is 0 Å². The molecule has 0 bridgehead atoms. The highest BCUT2D eigenvalue weighted by Crippen LogP contribution is 2.41. The van der Waals surface area contributed by atoms with E-state index in [9.17, 15) is 22.0 Å². The molecule has 1 aromatic rings. The molecule has 1 fully saturated rings. The van der Waals surface area contributed by atoms with Gasteiger partial charge in [0.15, 0.2) is 0 Å². The Morgan fingerprint density at radius 2 is 1.89 bits per heavy atom. The van der Waals surface area contributed by atoms with E-state index in [1.54, 1.807) is 0 Å². The van der Waals surface area contributed by atoms with Crippen molar-refractivity contribution in [3.05, 3.63) is 47.1 Å². The van der Waals surface area contributed by atoms with Gasteiger partial charge >= 0.3 is 6.18 Å². The average molecular weight is 400 g/mol. The first kappa shape index (κ1) is 19.4. The molecule has 152 valence electrons. The minimum atomic E-state index is -4.57. The van der Waals surface area contributed by atoms with E-state index in [0.29, 0.717) is 37.2 Å². The van der Waals surface area contributed by atoms with Gasteiger partial charge in [-0.2, -0.15) is 13.2 Å². The molecule has 1 saturated carbocycles. The molecule has 1 aromatic heterocycles. The minimum Gasteiger partial charge on any atom is -0.327 e. The van der Waals surface area contributed by atoms with Crippen LogP contribution in [0.15, 0.2) is 30.0 Å². The zero-order chi connectivity index (χ0) is 20.1. The first-order chi connectivity index (χ1) is 13.2. The highest BCUT2D eigenvalue weighted by Gasteiger charge is 2.41. The van der Waals surface area contributed by atoms with Crippen LogP contribution < -0.4 is 5.73 Å². The van der Waals surface area contributed by atoms with E-state index in [0.717, 1.165) is 12.5 Å².